The largest absolute Gasteiger partial charge is 0.356 e. The standard InChI is InChI=1S/C24H28N4O2/c1-4-9-21-25-15-19(24-16(2)17(3)27-30-24)23(26-21)20-12-8-13-28(20)22(29)14-18-10-6-5-7-11-18/h5-7,10-11,15,20H,4,8-9,12-14H2,1-3H3. The fraction of sp³-hybridized carbons (Fsp3) is 0.417. The first-order chi connectivity index (χ1) is 14.6. The summed E-state index contributed by atoms with van der Waals surface area (Å²) in [6.45, 7) is 6.79. The molecule has 0 N–H and O–H groups in total. The molecule has 156 valence electrons. The summed E-state index contributed by atoms with van der Waals surface area (Å²) in [4.78, 5) is 24.6. The Kier molecular flexibility index (Phi) is 5.93. The molecule has 4 rings (SSSR count). The van der Waals surface area contributed by atoms with Crippen molar-refractivity contribution in [1.82, 2.24) is 20.0 Å². The molecule has 1 atom stereocenters. The Bertz CT molecular complexity index is 1030. The van der Waals surface area contributed by atoms with Gasteiger partial charge in [-0.15, -0.1) is 0 Å². The van der Waals surface area contributed by atoms with Gasteiger partial charge in [-0.25, -0.2) is 9.97 Å². The third-order valence-electron chi connectivity index (χ3n) is 5.83. The van der Waals surface area contributed by atoms with E-state index in [-0.39, 0.29) is 11.9 Å². The van der Waals surface area contributed by atoms with Crippen LogP contribution in [0.4, 0.5) is 0 Å². The van der Waals surface area contributed by atoms with Gasteiger partial charge in [0.2, 0.25) is 5.91 Å². The molecule has 0 saturated carbocycles. The molecular weight excluding hydrogens is 376 g/mol. The van der Waals surface area contributed by atoms with Gasteiger partial charge in [0.25, 0.3) is 0 Å². The van der Waals surface area contributed by atoms with E-state index < -0.39 is 0 Å². The number of carbonyl (C=O) groups excluding carboxylic acids is 1. The summed E-state index contributed by atoms with van der Waals surface area (Å²) >= 11 is 0. The van der Waals surface area contributed by atoms with E-state index in [0.29, 0.717) is 12.2 Å². The molecule has 6 nitrogen and oxygen atoms in total. The van der Waals surface area contributed by atoms with Crippen molar-refractivity contribution in [3.63, 3.8) is 0 Å². The van der Waals surface area contributed by atoms with Crippen LogP contribution in [0, 0.1) is 13.8 Å². The smallest absolute Gasteiger partial charge is 0.227 e. The summed E-state index contributed by atoms with van der Waals surface area (Å²) in [6.07, 6.45) is 5.89. The van der Waals surface area contributed by atoms with E-state index in [1.54, 1.807) is 0 Å². The lowest BCUT2D eigenvalue weighted by atomic mass is 10.0. The summed E-state index contributed by atoms with van der Waals surface area (Å²) < 4.78 is 5.64. The molecule has 1 unspecified atom stereocenters. The number of hydrogen-bond donors (Lipinski definition) is 0. The summed E-state index contributed by atoms with van der Waals surface area (Å²) in [5.41, 5.74) is 4.61. The van der Waals surface area contributed by atoms with E-state index in [9.17, 15) is 4.79 Å². The van der Waals surface area contributed by atoms with Crippen LogP contribution >= 0.6 is 0 Å². The highest BCUT2D eigenvalue weighted by molar-refractivity contribution is 5.80. The van der Waals surface area contributed by atoms with Crippen LogP contribution in [0.2, 0.25) is 0 Å². The number of amides is 1. The molecular formula is C24H28N4O2. The third kappa shape index (κ3) is 3.99. The minimum absolute atomic E-state index is 0.0698. The number of nitrogens with zero attached hydrogens (tertiary/aromatic N) is 4. The number of rotatable bonds is 6. The molecule has 0 aliphatic carbocycles. The number of benzene rings is 1. The third-order valence-corrected chi connectivity index (χ3v) is 5.83. The Morgan fingerprint density at radius 1 is 1.23 bits per heavy atom. The summed E-state index contributed by atoms with van der Waals surface area (Å²) in [5.74, 6) is 1.65. The predicted octanol–water partition coefficient (Wildman–Crippen LogP) is 4.61. The van der Waals surface area contributed by atoms with Crippen LogP contribution in [0.5, 0.6) is 0 Å². The molecule has 1 aliphatic heterocycles. The molecule has 0 bridgehead atoms. The molecule has 0 spiro atoms. The van der Waals surface area contributed by atoms with Crippen molar-refractivity contribution in [3.05, 3.63) is 64.9 Å². The molecule has 2 aromatic heterocycles. The van der Waals surface area contributed by atoms with Gasteiger partial charge < -0.3 is 9.42 Å². The van der Waals surface area contributed by atoms with E-state index >= 15 is 0 Å². The maximum atomic E-state index is 13.2. The minimum atomic E-state index is -0.0698. The van der Waals surface area contributed by atoms with E-state index in [0.717, 1.165) is 66.1 Å². The molecule has 3 aromatic rings. The first-order valence-electron chi connectivity index (χ1n) is 10.7. The quantitative estimate of drug-likeness (QED) is 0.600. The van der Waals surface area contributed by atoms with Crippen LogP contribution in [-0.4, -0.2) is 32.5 Å². The normalized spacial score (nSPS) is 16.2. The topological polar surface area (TPSA) is 72.1 Å². The van der Waals surface area contributed by atoms with Crippen LogP contribution in [0.15, 0.2) is 41.1 Å². The van der Waals surface area contributed by atoms with Crippen molar-refractivity contribution in [2.75, 3.05) is 6.54 Å². The molecule has 1 aromatic carbocycles. The van der Waals surface area contributed by atoms with Gasteiger partial charge >= 0.3 is 0 Å². The highest BCUT2D eigenvalue weighted by atomic mass is 16.5. The summed E-state index contributed by atoms with van der Waals surface area (Å²) in [5, 5.41) is 4.12. The zero-order valence-corrected chi connectivity index (χ0v) is 17.9. The lowest BCUT2D eigenvalue weighted by Gasteiger charge is -2.26. The van der Waals surface area contributed by atoms with E-state index in [2.05, 4.69) is 17.1 Å². The maximum absolute atomic E-state index is 13.2. The van der Waals surface area contributed by atoms with Crippen LogP contribution in [0.1, 0.15) is 60.6 Å². The fourth-order valence-corrected chi connectivity index (χ4v) is 4.09. The maximum Gasteiger partial charge on any atom is 0.227 e. The molecule has 6 heteroatoms. The van der Waals surface area contributed by atoms with Crippen molar-refractivity contribution in [3.8, 4) is 11.3 Å². The highest BCUT2D eigenvalue weighted by Crippen LogP contribution is 2.38. The predicted molar refractivity (Wildman–Crippen MR) is 115 cm³/mol. The van der Waals surface area contributed by atoms with Crippen molar-refractivity contribution in [1.29, 1.82) is 0 Å². The van der Waals surface area contributed by atoms with Crippen LogP contribution in [0.25, 0.3) is 11.3 Å². The average molecular weight is 405 g/mol. The van der Waals surface area contributed by atoms with Crippen molar-refractivity contribution in [2.45, 2.75) is 58.9 Å². The molecule has 1 amide bonds. The van der Waals surface area contributed by atoms with Crippen LogP contribution in [0.3, 0.4) is 0 Å². The van der Waals surface area contributed by atoms with Crippen LogP contribution in [-0.2, 0) is 17.6 Å². The highest BCUT2D eigenvalue weighted by Gasteiger charge is 2.34. The summed E-state index contributed by atoms with van der Waals surface area (Å²) in [6, 6.07) is 9.84. The van der Waals surface area contributed by atoms with Gasteiger partial charge in [-0.3, -0.25) is 4.79 Å². The Hall–Kier alpha value is -3.02. The zero-order valence-electron chi connectivity index (χ0n) is 17.9. The minimum Gasteiger partial charge on any atom is -0.356 e. The van der Waals surface area contributed by atoms with E-state index in [4.69, 9.17) is 9.51 Å². The van der Waals surface area contributed by atoms with Gasteiger partial charge in [-0.1, -0.05) is 42.4 Å². The van der Waals surface area contributed by atoms with Gasteiger partial charge in [0, 0.05) is 24.7 Å². The first-order valence-corrected chi connectivity index (χ1v) is 10.7. The number of aryl methyl sites for hydroxylation is 2. The second-order valence-corrected chi connectivity index (χ2v) is 7.96. The first kappa shape index (κ1) is 20.3. The van der Waals surface area contributed by atoms with Gasteiger partial charge in [0.1, 0.15) is 5.82 Å². The molecule has 0 radical (unpaired) electrons. The zero-order chi connectivity index (χ0) is 21.1. The molecule has 3 heterocycles. The fourth-order valence-electron chi connectivity index (χ4n) is 4.09. The number of likely N-dealkylation sites (tertiary alicyclic amines) is 1. The van der Waals surface area contributed by atoms with Gasteiger partial charge in [0.05, 0.1) is 29.4 Å². The lowest BCUT2D eigenvalue weighted by Crippen LogP contribution is -2.32. The summed E-state index contributed by atoms with van der Waals surface area (Å²) in [7, 11) is 0. The SMILES string of the molecule is CCCc1ncc(-c2onc(C)c2C)c(C2CCCN2C(=O)Cc2ccccc2)n1. The van der Waals surface area contributed by atoms with Crippen molar-refractivity contribution in [2.24, 2.45) is 0 Å². The number of aromatic nitrogens is 3. The average Bonchev–Trinajstić information content (AvgIpc) is 3.37. The van der Waals surface area contributed by atoms with Crippen molar-refractivity contribution >= 4 is 5.91 Å². The Morgan fingerprint density at radius 2 is 2.03 bits per heavy atom. The van der Waals surface area contributed by atoms with Gasteiger partial charge in [-0.05, 0) is 38.7 Å². The molecule has 1 fully saturated rings. The number of hydrogen-bond acceptors (Lipinski definition) is 5. The Morgan fingerprint density at radius 3 is 2.73 bits per heavy atom. The second kappa shape index (κ2) is 8.78. The Balaban J connectivity index is 1.70. The monoisotopic (exact) mass is 404 g/mol. The van der Waals surface area contributed by atoms with E-state index in [1.165, 1.54) is 0 Å². The van der Waals surface area contributed by atoms with Gasteiger partial charge in [0.15, 0.2) is 5.76 Å². The lowest BCUT2D eigenvalue weighted by molar-refractivity contribution is -0.131. The second-order valence-electron chi connectivity index (χ2n) is 7.96. The van der Waals surface area contributed by atoms with Crippen LogP contribution < -0.4 is 0 Å². The Labute approximate surface area is 177 Å². The molecule has 30 heavy (non-hydrogen) atoms. The van der Waals surface area contributed by atoms with Crippen molar-refractivity contribution < 1.29 is 9.32 Å². The van der Waals surface area contributed by atoms with Gasteiger partial charge in [-0.2, -0.15) is 0 Å². The number of carbonyl (C=O) groups is 1. The molecule has 1 saturated heterocycles. The van der Waals surface area contributed by atoms with E-state index in [1.807, 2.05) is 55.3 Å². The molecule has 1 aliphatic rings.